The van der Waals surface area contributed by atoms with Gasteiger partial charge in [-0.05, 0) is 32.4 Å². The zero-order chi connectivity index (χ0) is 14.8. The van der Waals surface area contributed by atoms with E-state index in [2.05, 4.69) is 5.32 Å². The van der Waals surface area contributed by atoms with Crippen molar-refractivity contribution < 1.29 is 22.6 Å². The summed E-state index contributed by atoms with van der Waals surface area (Å²) in [7, 11) is 1.59. The highest BCUT2D eigenvalue weighted by Gasteiger charge is 2.33. The highest BCUT2D eigenvalue weighted by molar-refractivity contribution is 4.79. The van der Waals surface area contributed by atoms with Crippen LogP contribution in [0.4, 0.5) is 13.2 Å². The third-order valence-corrected chi connectivity index (χ3v) is 3.37. The van der Waals surface area contributed by atoms with Crippen molar-refractivity contribution in [1.29, 1.82) is 0 Å². The first-order valence-electron chi connectivity index (χ1n) is 7.11. The van der Waals surface area contributed by atoms with Crippen LogP contribution in [-0.4, -0.2) is 70.2 Å². The zero-order valence-electron chi connectivity index (χ0n) is 12.0. The molecule has 7 heteroatoms. The fourth-order valence-electron chi connectivity index (χ4n) is 2.41. The molecule has 1 aliphatic rings. The molecule has 0 radical (unpaired) electrons. The lowest BCUT2D eigenvalue weighted by atomic mass is 10.0. The summed E-state index contributed by atoms with van der Waals surface area (Å²) >= 11 is 0. The minimum atomic E-state index is -4.14. The summed E-state index contributed by atoms with van der Waals surface area (Å²) in [4.78, 5) is 1.56. The number of rotatable bonds is 9. The van der Waals surface area contributed by atoms with Gasteiger partial charge in [0.2, 0.25) is 0 Å². The quantitative estimate of drug-likeness (QED) is 0.656. The van der Waals surface area contributed by atoms with Crippen LogP contribution in [0.15, 0.2) is 0 Å². The predicted octanol–water partition coefficient (Wildman–Crippen LogP) is 1.66. The summed E-state index contributed by atoms with van der Waals surface area (Å²) in [5, 5.41) is 3.18. The molecule has 0 aromatic carbocycles. The molecule has 1 rings (SSSR count). The van der Waals surface area contributed by atoms with Gasteiger partial charge in [-0.3, -0.25) is 4.90 Å². The third-order valence-electron chi connectivity index (χ3n) is 3.37. The second-order valence-corrected chi connectivity index (χ2v) is 5.03. The number of hydrogen-bond acceptors (Lipinski definition) is 4. The van der Waals surface area contributed by atoms with Gasteiger partial charge in [-0.2, -0.15) is 13.2 Å². The van der Waals surface area contributed by atoms with Crippen molar-refractivity contribution in [3.8, 4) is 0 Å². The van der Waals surface area contributed by atoms with Crippen LogP contribution >= 0.6 is 0 Å². The van der Waals surface area contributed by atoms with Gasteiger partial charge in [-0.1, -0.05) is 0 Å². The molecule has 1 saturated heterocycles. The average molecular weight is 298 g/mol. The molecule has 0 spiro atoms. The van der Waals surface area contributed by atoms with Crippen molar-refractivity contribution in [1.82, 2.24) is 10.2 Å². The lowest BCUT2D eigenvalue weighted by Gasteiger charge is -2.35. The smallest absolute Gasteiger partial charge is 0.382 e. The predicted molar refractivity (Wildman–Crippen MR) is 70.8 cm³/mol. The van der Waals surface area contributed by atoms with Gasteiger partial charge in [0.1, 0.15) is 0 Å². The van der Waals surface area contributed by atoms with E-state index in [0.717, 1.165) is 25.9 Å². The van der Waals surface area contributed by atoms with Crippen LogP contribution in [-0.2, 0) is 9.47 Å². The number of halogens is 3. The molecule has 0 aromatic rings. The Hall–Kier alpha value is -0.370. The Balaban J connectivity index is 2.30. The SMILES string of the molecule is COCCOCCCN(CC(F)(F)F)C1CCNCC1. The van der Waals surface area contributed by atoms with E-state index in [9.17, 15) is 13.2 Å². The van der Waals surface area contributed by atoms with Crippen molar-refractivity contribution in [2.45, 2.75) is 31.5 Å². The normalized spacial score (nSPS) is 17.9. The number of methoxy groups -OCH3 is 1. The van der Waals surface area contributed by atoms with E-state index in [1.165, 1.54) is 0 Å². The summed E-state index contributed by atoms with van der Waals surface area (Å²) in [6.07, 6.45) is -1.97. The molecule has 0 aromatic heterocycles. The second kappa shape index (κ2) is 9.55. The second-order valence-electron chi connectivity index (χ2n) is 5.03. The third kappa shape index (κ3) is 8.04. The molecule has 120 valence electrons. The maximum Gasteiger partial charge on any atom is 0.401 e. The molecular formula is C13H25F3N2O2. The maximum atomic E-state index is 12.6. The maximum absolute atomic E-state index is 12.6. The first-order valence-corrected chi connectivity index (χ1v) is 7.11. The van der Waals surface area contributed by atoms with Gasteiger partial charge in [0.15, 0.2) is 0 Å². The molecule has 0 atom stereocenters. The molecule has 1 N–H and O–H groups in total. The molecule has 1 heterocycles. The first kappa shape index (κ1) is 17.7. The molecular weight excluding hydrogens is 273 g/mol. The van der Waals surface area contributed by atoms with Gasteiger partial charge in [-0.15, -0.1) is 0 Å². The van der Waals surface area contributed by atoms with Crippen molar-refractivity contribution in [2.24, 2.45) is 0 Å². The van der Waals surface area contributed by atoms with E-state index in [0.29, 0.717) is 32.8 Å². The van der Waals surface area contributed by atoms with Gasteiger partial charge < -0.3 is 14.8 Å². The van der Waals surface area contributed by atoms with Crippen LogP contribution in [0.1, 0.15) is 19.3 Å². The van der Waals surface area contributed by atoms with E-state index in [1.807, 2.05) is 0 Å². The zero-order valence-corrected chi connectivity index (χ0v) is 12.0. The number of hydrogen-bond donors (Lipinski definition) is 1. The standard InChI is InChI=1S/C13H25F3N2O2/c1-19-9-10-20-8-2-7-18(11-13(14,15)16)12-3-5-17-6-4-12/h12,17H,2-11H2,1H3. The van der Waals surface area contributed by atoms with Gasteiger partial charge in [0.25, 0.3) is 0 Å². The fraction of sp³-hybridized carbons (Fsp3) is 1.00. The number of nitrogens with zero attached hydrogens (tertiary/aromatic N) is 1. The van der Waals surface area contributed by atoms with E-state index in [4.69, 9.17) is 9.47 Å². The summed E-state index contributed by atoms with van der Waals surface area (Å²) in [5.74, 6) is 0. The lowest BCUT2D eigenvalue weighted by molar-refractivity contribution is -0.152. The molecule has 0 amide bonds. The molecule has 0 aliphatic carbocycles. The van der Waals surface area contributed by atoms with Gasteiger partial charge in [-0.25, -0.2) is 0 Å². The number of ether oxygens (including phenoxy) is 2. The lowest BCUT2D eigenvalue weighted by Crippen LogP contribution is -2.47. The molecule has 4 nitrogen and oxygen atoms in total. The number of alkyl halides is 3. The molecule has 20 heavy (non-hydrogen) atoms. The van der Waals surface area contributed by atoms with Crippen molar-refractivity contribution in [3.05, 3.63) is 0 Å². The Morgan fingerprint density at radius 2 is 1.85 bits per heavy atom. The molecule has 0 unspecified atom stereocenters. The Bertz CT molecular complexity index is 246. The van der Waals surface area contributed by atoms with Crippen molar-refractivity contribution in [3.63, 3.8) is 0 Å². The van der Waals surface area contributed by atoms with Gasteiger partial charge in [0.05, 0.1) is 19.8 Å². The Morgan fingerprint density at radius 3 is 2.45 bits per heavy atom. The van der Waals surface area contributed by atoms with Crippen LogP contribution in [0.25, 0.3) is 0 Å². The van der Waals surface area contributed by atoms with E-state index >= 15 is 0 Å². The van der Waals surface area contributed by atoms with Crippen molar-refractivity contribution >= 4 is 0 Å². The van der Waals surface area contributed by atoms with Crippen LogP contribution < -0.4 is 5.32 Å². The van der Waals surface area contributed by atoms with Crippen LogP contribution in [0.2, 0.25) is 0 Å². The van der Waals surface area contributed by atoms with Gasteiger partial charge in [0, 0.05) is 26.3 Å². The van der Waals surface area contributed by atoms with Crippen molar-refractivity contribution in [2.75, 3.05) is 53.1 Å². The summed E-state index contributed by atoms with van der Waals surface area (Å²) in [6.45, 7) is 2.67. The first-order chi connectivity index (χ1) is 9.53. The summed E-state index contributed by atoms with van der Waals surface area (Å²) < 4.78 is 48.0. The van der Waals surface area contributed by atoms with E-state index in [-0.39, 0.29) is 6.04 Å². The highest BCUT2D eigenvalue weighted by Crippen LogP contribution is 2.21. The Kier molecular flexibility index (Phi) is 8.44. The average Bonchev–Trinajstić information content (AvgIpc) is 2.41. The van der Waals surface area contributed by atoms with Crippen LogP contribution in [0, 0.1) is 0 Å². The molecule has 0 bridgehead atoms. The molecule has 1 fully saturated rings. The Morgan fingerprint density at radius 1 is 1.15 bits per heavy atom. The topological polar surface area (TPSA) is 33.7 Å². The van der Waals surface area contributed by atoms with E-state index < -0.39 is 12.7 Å². The monoisotopic (exact) mass is 298 g/mol. The molecule has 0 saturated carbocycles. The fourth-order valence-corrected chi connectivity index (χ4v) is 2.41. The minimum Gasteiger partial charge on any atom is -0.382 e. The largest absolute Gasteiger partial charge is 0.401 e. The molecule has 1 aliphatic heterocycles. The van der Waals surface area contributed by atoms with E-state index in [1.54, 1.807) is 12.0 Å². The number of nitrogens with one attached hydrogen (secondary N) is 1. The van der Waals surface area contributed by atoms with Gasteiger partial charge >= 0.3 is 6.18 Å². The Labute approximate surface area is 118 Å². The summed E-state index contributed by atoms with van der Waals surface area (Å²) in [6, 6.07) is 0.0249. The number of piperidine rings is 1. The summed E-state index contributed by atoms with van der Waals surface area (Å²) in [5.41, 5.74) is 0. The van der Waals surface area contributed by atoms with Crippen LogP contribution in [0.5, 0.6) is 0 Å². The minimum absolute atomic E-state index is 0.0249. The van der Waals surface area contributed by atoms with Crippen LogP contribution in [0.3, 0.4) is 0 Å². The highest BCUT2D eigenvalue weighted by atomic mass is 19.4.